The van der Waals surface area contributed by atoms with Gasteiger partial charge in [-0.1, -0.05) is 13.2 Å². The summed E-state index contributed by atoms with van der Waals surface area (Å²) in [4.78, 5) is 0. The van der Waals surface area contributed by atoms with Crippen molar-refractivity contribution < 1.29 is 0 Å². The largest absolute Gasteiger partial charge is 0.383 e. The highest BCUT2D eigenvalue weighted by atomic mass is 14.9. The standard InChI is InChI=1S/C10H18N2/c1-3-8(2)12-10-6-4-9(11)5-7-10/h3,9-10,12H,1-2,4-7,11H2. The third-order valence-electron chi connectivity index (χ3n) is 2.41. The molecule has 0 heterocycles. The number of nitrogens with two attached hydrogens (primary N) is 1. The highest BCUT2D eigenvalue weighted by molar-refractivity contribution is 5.09. The Morgan fingerprint density at radius 1 is 1.33 bits per heavy atom. The van der Waals surface area contributed by atoms with Crippen molar-refractivity contribution in [1.29, 1.82) is 0 Å². The van der Waals surface area contributed by atoms with Gasteiger partial charge in [-0.2, -0.15) is 0 Å². The summed E-state index contributed by atoms with van der Waals surface area (Å²) in [5, 5.41) is 3.32. The van der Waals surface area contributed by atoms with E-state index in [9.17, 15) is 0 Å². The molecule has 0 saturated heterocycles. The predicted octanol–water partition coefficient (Wildman–Crippen LogP) is 1.55. The van der Waals surface area contributed by atoms with Gasteiger partial charge in [0.15, 0.2) is 0 Å². The summed E-state index contributed by atoms with van der Waals surface area (Å²) in [5.41, 5.74) is 6.72. The quantitative estimate of drug-likeness (QED) is 0.624. The van der Waals surface area contributed by atoms with E-state index in [1.807, 2.05) is 0 Å². The van der Waals surface area contributed by atoms with Crippen LogP contribution in [0, 0.1) is 0 Å². The zero-order valence-corrected chi connectivity index (χ0v) is 7.55. The summed E-state index contributed by atoms with van der Waals surface area (Å²) >= 11 is 0. The lowest BCUT2D eigenvalue weighted by Gasteiger charge is -2.27. The number of hydrogen-bond donors (Lipinski definition) is 2. The Bertz CT molecular complexity index is 167. The molecule has 1 rings (SSSR count). The lowest BCUT2D eigenvalue weighted by molar-refractivity contribution is 0.363. The first kappa shape index (κ1) is 9.33. The molecule has 0 aliphatic heterocycles. The van der Waals surface area contributed by atoms with Gasteiger partial charge in [0.05, 0.1) is 0 Å². The molecule has 0 amide bonds. The highest BCUT2D eigenvalue weighted by Crippen LogP contribution is 2.17. The van der Waals surface area contributed by atoms with Crippen LogP contribution in [0.4, 0.5) is 0 Å². The van der Waals surface area contributed by atoms with Crippen molar-refractivity contribution in [2.75, 3.05) is 0 Å². The average molecular weight is 166 g/mol. The van der Waals surface area contributed by atoms with Crippen molar-refractivity contribution in [1.82, 2.24) is 5.32 Å². The third kappa shape index (κ3) is 2.70. The van der Waals surface area contributed by atoms with Gasteiger partial charge in [-0.15, -0.1) is 0 Å². The summed E-state index contributed by atoms with van der Waals surface area (Å²) in [5.74, 6) is 0. The Hall–Kier alpha value is -0.760. The summed E-state index contributed by atoms with van der Waals surface area (Å²) in [6, 6.07) is 0.982. The normalized spacial score (nSPS) is 29.4. The van der Waals surface area contributed by atoms with Crippen LogP contribution < -0.4 is 11.1 Å². The molecule has 1 saturated carbocycles. The molecule has 1 aliphatic carbocycles. The minimum Gasteiger partial charge on any atom is -0.383 e. The van der Waals surface area contributed by atoms with E-state index in [0.29, 0.717) is 12.1 Å². The summed E-state index contributed by atoms with van der Waals surface area (Å²) in [6.45, 7) is 7.48. The van der Waals surface area contributed by atoms with E-state index in [4.69, 9.17) is 5.73 Å². The average Bonchev–Trinajstić information content (AvgIpc) is 2.09. The van der Waals surface area contributed by atoms with Crippen LogP contribution in [-0.4, -0.2) is 12.1 Å². The fourth-order valence-corrected chi connectivity index (χ4v) is 1.58. The van der Waals surface area contributed by atoms with Crippen LogP contribution in [0.3, 0.4) is 0 Å². The zero-order chi connectivity index (χ0) is 8.97. The second-order valence-electron chi connectivity index (χ2n) is 3.49. The summed E-state index contributed by atoms with van der Waals surface area (Å²) < 4.78 is 0. The van der Waals surface area contributed by atoms with Gasteiger partial charge in [-0.05, 0) is 31.8 Å². The number of hydrogen-bond acceptors (Lipinski definition) is 2. The molecule has 0 atom stereocenters. The van der Waals surface area contributed by atoms with Gasteiger partial charge >= 0.3 is 0 Å². The molecule has 3 N–H and O–H groups in total. The van der Waals surface area contributed by atoms with Gasteiger partial charge < -0.3 is 11.1 Å². The topological polar surface area (TPSA) is 38.0 Å². The Morgan fingerprint density at radius 3 is 2.42 bits per heavy atom. The lowest BCUT2D eigenvalue weighted by Crippen LogP contribution is -2.36. The number of nitrogens with one attached hydrogen (secondary N) is 1. The molecule has 0 spiro atoms. The van der Waals surface area contributed by atoms with Crippen molar-refractivity contribution in [2.45, 2.75) is 37.8 Å². The van der Waals surface area contributed by atoms with Crippen LogP contribution >= 0.6 is 0 Å². The Morgan fingerprint density at radius 2 is 1.92 bits per heavy atom. The Balaban J connectivity index is 2.26. The second kappa shape index (κ2) is 4.31. The van der Waals surface area contributed by atoms with Crippen molar-refractivity contribution in [2.24, 2.45) is 5.73 Å². The van der Waals surface area contributed by atoms with Crippen LogP contribution in [0.1, 0.15) is 25.7 Å². The van der Waals surface area contributed by atoms with Crippen LogP contribution in [0.2, 0.25) is 0 Å². The Kier molecular flexibility index (Phi) is 3.35. The fraction of sp³-hybridized carbons (Fsp3) is 0.600. The lowest BCUT2D eigenvalue weighted by atomic mass is 9.92. The third-order valence-corrected chi connectivity index (χ3v) is 2.41. The van der Waals surface area contributed by atoms with Gasteiger partial charge in [0.2, 0.25) is 0 Å². The van der Waals surface area contributed by atoms with Crippen LogP contribution in [0.5, 0.6) is 0 Å². The van der Waals surface area contributed by atoms with E-state index in [-0.39, 0.29) is 0 Å². The van der Waals surface area contributed by atoms with Gasteiger partial charge in [-0.3, -0.25) is 0 Å². The monoisotopic (exact) mass is 166 g/mol. The predicted molar refractivity (Wildman–Crippen MR) is 52.7 cm³/mol. The van der Waals surface area contributed by atoms with E-state index in [0.717, 1.165) is 31.4 Å². The maximum atomic E-state index is 5.79. The second-order valence-corrected chi connectivity index (χ2v) is 3.49. The molecular weight excluding hydrogens is 148 g/mol. The molecule has 0 aromatic rings. The molecule has 12 heavy (non-hydrogen) atoms. The van der Waals surface area contributed by atoms with Crippen molar-refractivity contribution >= 4 is 0 Å². The molecule has 0 unspecified atom stereocenters. The Labute approximate surface area is 74.5 Å². The molecule has 68 valence electrons. The highest BCUT2D eigenvalue weighted by Gasteiger charge is 2.17. The first-order chi connectivity index (χ1) is 5.72. The molecule has 2 heteroatoms. The summed E-state index contributed by atoms with van der Waals surface area (Å²) in [7, 11) is 0. The van der Waals surface area contributed by atoms with Gasteiger partial charge in [0, 0.05) is 17.8 Å². The SMILES string of the molecule is C=CC(=C)NC1CCC(N)CC1. The van der Waals surface area contributed by atoms with Gasteiger partial charge in [0.25, 0.3) is 0 Å². The van der Waals surface area contributed by atoms with E-state index < -0.39 is 0 Å². The van der Waals surface area contributed by atoms with Crippen molar-refractivity contribution in [3.63, 3.8) is 0 Å². The molecule has 0 aromatic carbocycles. The smallest absolute Gasteiger partial charge is 0.0263 e. The van der Waals surface area contributed by atoms with E-state index in [2.05, 4.69) is 18.5 Å². The molecule has 2 nitrogen and oxygen atoms in total. The maximum Gasteiger partial charge on any atom is 0.0263 e. The molecule has 0 radical (unpaired) electrons. The number of rotatable bonds is 3. The summed E-state index contributed by atoms with van der Waals surface area (Å²) in [6.07, 6.45) is 6.33. The van der Waals surface area contributed by atoms with E-state index in [1.54, 1.807) is 6.08 Å². The molecular formula is C10H18N2. The van der Waals surface area contributed by atoms with Crippen LogP contribution in [0.25, 0.3) is 0 Å². The van der Waals surface area contributed by atoms with Crippen LogP contribution in [-0.2, 0) is 0 Å². The van der Waals surface area contributed by atoms with E-state index in [1.165, 1.54) is 0 Å². The first-order valence-electron chi connectivity index (χ1n) is 4.56. The zero-order valence-electron chi connectivity index (χ0n) is 7.55. The molecule has 0 bridgehead atoms. The van der Waals surface area contributed by atoms with Crippen molar-refractivity contribution in [3.8, 4) is 0 Å². The van der Waals surface area contributed by atoms with Gasteiger partial charge in [-0.25, -0.2) is 0 Å². The minimum atomic E-state index is 0.417. The van der Waals surface area contributed by atoms with Crippen LogP contribution in [0.15, 0.2) is 24.9 Å². The molecule has 1 aliphatic rings. The van der Waals surface area contributed by atoms with Crippen molar-refractivity contribution in [3.05, 3.63) is 24.9 Å². The van der Waals surface area contributed by atoms with E-state index >= 15 is 0 Å². The molecule has 1 fully saturated rings. The number of allylic oxidation sites excluding steroid dienone is 1. The first-order valence-corrected chi connectivity index (χ1v) is 4.56. The maximum absolute atomic E-state index is 5.79. The minimum absolute atomic E-state index is 0.417. The molecule has 0 aromatic heterocycles. The fourth-order valence-electron chi connectivity index (χ4n) is 1.58. The van der Waals surface area contributed by atoms with Gasteiger partial charge in [0.1, 0.15) is 0 Å².